The number of ether oxygens (including phenoxy) is 1. The Labute approximate surface area is 176 Å². The molecule has 7 nitrogen and oxygen atoms in total. The zero-order valence-corrected chi connectivity index (χ0v) is 17.3. The maximum absolute atomic E-state index is 12.7. The predicted molar refractivity (Wildman–Crippen MR) is 112 cm³/mol. The topological polar surface area (TPSA) is 76.5 Å². The fraction of sp³-hybridized carbons (Fsp3) is 0.250. The quantitative estimate of drug-likeness (QED) is 0.624. The first-order valence-corrected chi connectivity index (χ1v) is 10.5. The van der Waals surface area contributed by atoms with E-state index < -0.39 is 5.97 Å². The van der Waals surface area contributed by atoms with Crippen molar-refractivity contribution >= 4 is 39.9 Å². The highest BCUT2D eigenvalue weighted by Gasteiger charge is 2.31. The van der Waals surface area contributed by atoms with Gasteiger partial charge >= 0.3 is 12.0 Å². The number of thiophene rings is 1. The van der Waals surface area contributed by atoms with E-state index in [-0.39, 0.29) is 24.9 Å². The van der Waals surface area contributed by atoms with E-state index in [1.807, 2.05) is 29.6 Å². The number of nitrogens with one attached hydrogen (secondary N) is 1. The van der Waals surface area contributed by atoms with E-state index in [2.05, 4.69) is 10.4 Å². The van der Waals surface area contributed by atoms with Gasteiger partial charge < -0.3 is 9.64 Å². The summed E-state index contributed by atoms with van der Waals surface area (Å²) in [7, 11) is 0. The van der Waals surface area contributed by atoms with Gasteiger partial charge in [-0.15, -0.1) is 11.3 Å². The van der Waals surface area contributed by atoms with Crippen molar-refractivity contribution in [3.05, 3.63) is 63.8 Å². The molecule has 3 heterocycles. The first kappa shape index (κ1) is 19.5. The van der Waals surface area contributed by atoms with Crippen molar-refractivity contribution in [2.45, 2.75) is 19.9 Å². The number of rotatable bonds is 4. The van der Waals surface area contributed by atoms with Gasteiger partial charge in [-0.1, -0.05) is 11.6 Å². The van der Waals surface area contributed by atoms with Gasteiger partial charge in [-0.25, -0.2) is 14.3 Å². The van der Waals surface area contributed by atoms with E-state index in [4.69, 9.17) is 16.3 Å². The summed E-state index contributed by atoms with van der Waals surface area (Å²) >= 11 is 7.46. The summed E-state index contributed by atoms with van der Waals surface area (Å²) in [6.45, 7) is 2.81. The minimum absolute atomic E-state index is 0.202. The van der Waals surface area contributed by atoms with Crippen LogP contribution in [-0.2, 0) is 17.7 Å². The molecule has 1 aromatic carbocycles. The van der Waals surface area contributed by atoms with Gasteiger partial charge in [0.1, 0.15) is 0 Å². The summed E-state index contributed by atoms with van der Waals surface area (Å²) in [5.74, 6) is -0.489. The molecule has 9 heteroatoms. The third-order valence-corrected chi connectivity index (χ3v) is 5.67. The van der Waals surface area contributed by atoms with Gasteiger partial charge in [0.15, 0.2) is 5.69 Å². The van der Waals surface area contributed by atoms with Gasteiger partial charge in [0.2, 0.25) is 0 Å². The molecule has 1 N–H and O–H groups in total. The van der Waals surface area contributed by atoms with Crippen molar-refractivity contribution in [1.82, 2.24) is 14.7 Å². The van der Waals surface area contributed by atoms with E-state index in [1.165, 1.54) is 11.3 Å². The zero-order chi connectivity index (χ0) is 20.4. The van der Waals surface area contributed by atoms with Crippen LogP contribution in [0, 0.1) is 0 Å². The van der Waals surface area contributed by atoms with Crippen LogP contribution in [0.3, 0.4) is 0 Å². The van der Waals surface area contributed by atoms with Gasteiger partial charge in [0.05, 0.1) is 29.5 Å². The Bertz CT molecular complexity index is 1030. The van der Waals surface area contributed by atoms with E-state index in [9.17, 15) is 9.59 Å². The number of anilines is 1. The predicted octanol–water partition coefficient (Wildman–Crippen LogP) is 4.35. The number of benzene rings is 1. The van der Waals surface area contributed by atoms with E-state index in [0.29, 0.717) is 23.6 Å². The van der Waals surface area contributed by atoms with Crippen LogP contribution < -0.4 is 5.32 Å². The summed E-state index contributed by atoms with van der Waals surface area (Å²) in [4.78, 5) is 26.9. The Morgan fingerprint density at radius 1 is 1.28 bits per heavy atom. The third-order valence-electron chi connectivity index (χ3n) is 4.64. The van der Waals surface area contributed by atoms with E-state index in [1.54, 1.807) is 28.6 Å². The number of esters is 1. The highest BCUT2D eigenvalue weighted by atomic mass is 35.5. The lowest BCUT2D eigenvalue weighted by Gasteiger charge is -2.27. The molecule has 1 aliphatic rings. The standard InChI is InChI=1S/C20H19ClN4O3S/c1-2-28-19(26)18-15-12-24(20(27)22-17-4-3-11-29-17)10-9-16(15)25(23-18)14-7-5-13(21)6-8-14/h3-8,11H,2,9-10,12H2,1H3,(H,22,27). The van der Waals surface area contributed by atoms with E-state index in [0.717, 1.165) is 16.4 Å². The van der Waals surface area contributed by atoms with Crippen molar-refractivity contribution in [2.75, 3.05) is 18.5 Å². The molecule has 0 aliphatic carbocycles. The number of aromatic nitrogens is 2. The van der Waals surface area contributed by atoms with Crippen LogP contribution in [0.4, 0.5) is 9.80 Å². The van der Waals surface area contributed by atoms with Crippen molar-refractivity contribution in [1.29, 1.82) is 0 Å². The summed E-state index contributed by atoms with van der Waals surface area (Å²) < 4.78 is 6.93. The second-order valence-electron chi connectivity index (χ2n) is 6.46. The molecule has 0 atom stereocenters. The highest BCUT2D eigenvalue weighted by Crippen LogP contribution is 2.27. The average Bonchev–Trinajstić information content (AvgIpc) is 3.36. The maximum Gasteiger partial charge on any atom is 0.359 e. The molecule has 29 heavy (non-hydrogen) atoms. The fourth-order valence-electron chi connectivity index (χ4n) is 3.29. The van der Waals surface area contributed by atoms with Crippen molar-refractivity contribution in [3.63, 3.8) is 0 Å². The van der Waals surface area contributed by atoms with Crippen LogP contribution in [-0.4, -0.2) is 39.8 Å². The van der Waals surface area contributed by atoms with Crippen LogP contribution >= 0.6 is 22.9 Å². The summed E-state index contributed by atoms with van der Waals surface area (Å²) in [5.41, 5.74) is 2.66. The molecular weight excluding hydrogens is 412 g/mol. The molecule has 2 amide bonds. The second kappa shape index (κ2) is 8.26. The van der Waals surface area contributed by atoms with Crippen LogP contribution in [0.1, 0.15) is 28.7 Å². The number of carbonyl (C=O) groups excluding carboxylic acids is 2. The largest absolute Gasteiger partial charge is 0.461 e. The number of amides is 2. The molecule has 0 unspecified atom stereocenters. The molecule has 2 aromatic heterocycles. The van der Waals surface area contributed by atoms with Crippen LogP contribution in [0.15, 0.2) is 41.8 Å². The van der Waals surface area contributed by atoms with Crippen molar-refractivity contribution in [2.24, 2.45) is 0 Å². The number of carbonyl (C=O) groups is 2. The van der Waals surface area contributed by atoms with Gasteiger partial charge in [0, 0.05) is 23.6 Å². The zero-order valence-electron chi connectivity index (χ0n) is 15.7. The highest BCUT2D eigenvalue weighted by molar-refractivity contribution is 7.14. The van der Waals surface area contributed by atoms with Crippen LogP contribution in [0.25, 0.3) is 5.69 Å². The molecule has 1 aliphatic heterocycles. The molecule has 3 aromatic rings. The van der Waals surface area contributed by atoms with Gasteiger partial charge in [0.25, 0.3) is 0 Å². The maximum atomic E-state index is 12.7. The smallest absolute Gasteiger partial charge is 0.359 e. The summed E-state index contributed by atoms with van der Waals surface area (Å²) in [6, 6.07) is 10.8. The Balaban J connectivity index is 1.66. The van der Waals surface area contributed by atoms with Crippen molar-refractivity contribution in [3.8, 4) is 5.69 Å². The van der Waals surface area contributed by atoms with E-state index >= 15 is 0 Å². The number of fused-ring (bicyclic) bond motifs is 1. The van der Waals surface area contributed by atoms with Gasteiger partial charge in [-0.05, 0) is 48.7 Å². The Morgan fingerprint density at radius 2 is 2.07 bits per heavy atom. The van der Waals surface area contributed by atoms with Gasteiger partial charge in [-0.3, -0.25) is 5.32 Å². The number of nitrogens with zero attached hydrogens (tertiary/aromatic N) is 3. The molecule has 0 saturated carbocycles. The fourth-order valence-corrected chi connectivity index (χ4v) is 4.02. The molecule has 0 spiro atoms. The lowest BCUT2D eigenvalue weighted by Crippen LogP contribution is -2.39. The summed E-state index contributed by atoms with van der Waals surface area (Å²) in [6.07, 6.45) is 0.572. The van der Waals surface area contributed by atoms with Gasteiger partial charge in [-0.2, -0.15) is 5.10 Å². The minimum atomic E-state index is -0.489. The van der Waals surface area contributed by atoms with Crippen molar-refractivity contribution < 1.29 is 14.3 Å². The SMILES string of the molecule is CCOC(=O)c1nn(-c2ccc(Cl)cc2)c2c1CN(C(=O)Nc1cccs1)CC2. The monoisotopic (exact) mass is 430 g/mol. The van der Waals surface area contributed by atoms with Crippen LogP contribution in [0.5, 0.6) is 0 Å². The third kappa shape index (κ3) is 3.99. The Hall–Kier alpha value is -2.84. The number of urea groups is 1. The molecule has 0 bridgehead atoms. The first-order chi connectivity index (χ1) is 14.1. The normalized spacial score (nSPS) is 13.1. The molecule has 0 saturated heterocycles. The Morgan fingerprint density at radius 3 is 2.76 bits per heavy atom. The molecule has 4 rings (SSSR count). The summed E-state index contributed by atoms with van der Waals surface area (Å²) in [5, 5.41) is 10.7. The average molecular weight is 431 g/mol. The lowest BCUT2D eigenvalue weighted by molar-refractivity contribution is 0.0516. The van der Waals surface area contributed by atoms with Crippen LogP contribution in [0.2, 0.25) is 5.02 Å². The number of halogens is 1. The molecule has 0 fully saturated rings. The molecule has 150 valence electrons. The number of hydrogen-bond donors (Lipinski definition) is 1. The first-order valence-electron chi connectivity index (χ1n) is 9.20. The minimum Gasteiger partial charge on any atom is -0.461 e. The number of hydrogen-bond acceptors (Lipinski definition) is 5. The second-order valence-corrected chi connectivity index (χ2v) is 7.85. The Kier molecular flexibility index (Phi) is 5.55. The lowest BCUT2D eigenvalue weighted by atomic mass is 10.1. The molecular formula is C20H19ClN4O3S. The molecule has 0 radical (unpaired) electrons.